The molecule has 0 radical (unpaired) electrons. The number of anilines is 1. The van der Waals surface area contributed by atoms with Gasteiger partial charge in [0.1, 0.15) is 5.58 Å². The lowest BCUT2D eigenvalue weighted by molar-refractivity contribution is -0.119. The van der Waals surface area contributed by atoms with Crippen molar-refractivity contribution in [3.8, 4) is 0 Å². The number of carbonyl (C=O) groups excluding carboxylic acids is 1. The van der Waals surface area contributed by atoms with Crippen LogP contribution in [-0.2, 0) is 11.3 Å². The summed E-state index contributed by atoms with van der Waals surface area (Å²) in [6.07, 6.45) is 0.658. The van der Waals surface area contributed by atoms with Crippen molar-refractivity contribution in [2.45, 2.75) is 38.8 Å². The Morgan fingerprint density at radius 2 is 2.00 bits per heavy atom. The van der Waals surface area contributed by atoms with Crippen LogP contribution in [0, 0.1) is 6.92 Å². The summed E-state index contributed by atoms with van der Waals surface area (Å²) in [6.45, 7) is 4.62. The topological polar surface area (TPSA) is 76.5 Å². The van der Waals surface area contributed by atoms with Crippen molar-refractivity contribution in [2.24, 2.45) is 5.73 Å². The van der Waals surface area contributed by atoms with Gasteiger partial charge in [-0.25, -0.2) is 4.79 Å². The Balaban J connectivity index is 1.81. The molecule has 1 amide bonds. The van der Waals surface area contributed by atoms with Gasteiger partial charge in [-0.2, -0.15) is 0 Å². The molecule has 2 heterocycles. The van der Waals surface area contributed by atoms with Crippen molar-refractivity contribution < 1.29 is 9.21 Å². The number of amides is 1. The van der Waals surface area contributed by atoms with E-state index >= 15 is 0 Å². The molecule has 2 atom stereocenters. The molecule has 1 aliphatic heterocycles. The Morgan fingerprint density at radius 3 is 2.78 bits per heavy atom. The van der Waals surface area contributed by atoms with E-state index in [4.69, 9.17) is 10.2 Å². The van der Waals surface area contributed by atoms with Gasteiger partial charge in [0, 0.05) is 29.7 Å². The highest BCUT2D eigenvalue weighted by Crippen LogP contribution is 2.39. The molecule has 2 N–H and O–H groups in total. The third-order valence-electron chi connectivity index (χ3n) is 5.40. The van der Waals surface area contributed by atoms with Crippen molar-refractivity contribution in [1.82, 2.24) is 0 Å². The lowest BCUT2D eigenvalue weighted by Crippen LogP contribution is -2.41. The van der Waals surface area contributed by atoms with Crippen molar-refractivity contribution >= 4 is 22.6 Å². The summed E-state index contributed by atoms with van der Waals surface area (Å²) in [7, 11) is 0. The Kier molecular flexibility index (Phi) is 4.22. The molecule has 0 saturated heterocycles. The van der Waals surface area contributed by atoms with Crippen LogP contribution in [0.3, 0.4) is 0 Å². The van der Waals surface area contributed by atoms with Crippen LogP contribution in [0.25, 0.3) is 11.0 Å². The average Bonchev–Trinajstić information content (AvgIpc) is 2.63. The molecule has 5 heteroatoms. The summed E-state index contributed by atoms with van der Waals surface area (Å²) in [5.74, 6) is -0.581. The Morgan fingerprint density at radius 1 is 1.22 bits per heavy atom. The van der Waals surface area contributed by atoms with Gasteiger partial charge in [-0.1, -0.05) is 30.3 Å². The second-order valence-electron chi connectivity index (χ2n) is 7.32. The van der Waals surface area contributed by atoms with Crippen LogP contribution in [0.1, 0.15) is 36.0 Å². The summed E-state index contributed by atoms with van der Waals surface area (Å²) < 4.78 is 5.38. The molecule has 0 spiro atoms. The van der Waals surface area contributed by atoms with E-state index in [1.54, 1.807) is 6.07 Å². The first-order valence-corrected chi connectivity index (χ1v) is 9.12. The molecule has 3 aromatic rings. The zero-order chi connectivity index (χ0) is 19.1. The molecular weight excluding hydrogens is 340 g/mol. The fourth-order valence-corrected chi connectivity index (χ4v) is 4.04. The second-order valence-corrected chi connectivity index (χ2v) is 7.32. The molecule has 5 nitrogen and oxygen atoms in total. The molecule has 0 bridgehead atoms. The summed E-state index contributed by atoms with van der Waals surface area (Å²) in [5.41, 5.74) is 9.80. The fraction of sp³-hybridized carbons (Fsp3) is 0.273. The van der Waals surface area contributed by atoms with Crippen molar-refractivity contribution in [3.63, 3.8) is 0 Å². The largest absolute Gasteiger partial charge is 0.423 e. The molecule has 1 aliphatic rings. The van der Waals surface area contributed by atoms with Crippen LogP contribution in [0.4, 0.5) is 5.69 Å². The standard InChI is InChI=1S/C22H22N2O3/c1-13-7-8-16-15(11-21(25)27-20(16)9-13)12-24-14(2)10-18(22(23)26)17-5-3-4-6-19(17)24/h3-9,11,14,18H,10,12H2,1-2H3,(H2,23,26)/t14-,18-/m0/s1. The number of benzene rings is 2. The van der Waals surface area contributed by atoms with E-state index in [0.717, 1.165) is 27.8 Å². The van der Waals surface area contributed by atoms with Gasteiger partial charge < -0.3 is 15.1 Å². The average molecular weight is 362 g/mol. The smallest absolute Gasteiger partial charge is 0.336 e. The fourth-order valence-electron chi connectivity index (χ4n) is 4.04. The highest BCUT2D eigenvalue weighted by molar-refractivity contribution is 5.86. The Labute approximate surface area is 157 Å². The maximum Gasteiger partial charge on any atom is 0.336 e. The molecule has 0 aliphatic carbocycles. The normalized spacial score (nSPS) is 19.1. The Bertz CT molecular complexity index is 1090. The number of aryl methyl sites for hydroxylation is 1. The predicted molar refractivity (Wildman–Crippen MR) is 106 cm³/mol. The Hall–Kier alpha value is -3.08. The van der Waals surface area contributed by atoms with E-state index in [9.17, 15) is 9.59 Å². The van der Waals surface area contributed by atoms with E-state index in [-0.39, 0.29) is 23.5 Å². The van der Waals surface area contributed by atoms with E-state index < -0.39 is 0 Å². The third kappa shape index (κ3) is 3.10. The van der Waals surface area contributed by atoms with E-state index in [1.165, 1.54) is 0 Å². The highest BCUT2D eigenvalue weighted by atomic mass is 16.4. The van der Waals surface area contributed by atoms with Crippen molar-refractivity contribution in [2.75, 3.05) is 4.90 Å². The van der Waals surface area contributed by atoms with Crippen molar-refractivity contribution in [3.05, 3.63) is 75.6 Å². The van der Waals surface area contributed by atoms with E-state index in [1.807, 2.05) is 49.4 Å². The first-order valence-electron chi connectivity index (χ1n) is 9.12. The number of para-hydroxylation sites is 1. The second kappa shape index (κ2) is 6.58. The number of rotatable bonds is 3. The molecular formula is C22H22N2O3. The molecule has 2 aromatic carbocycles. The van der Waals surface area contributed by atoms with Crippen LogP contribution in [-0.4, -0.2) is 11.9 Å². The van der Waals surface area contributed by atoms with Gasteiger partial charge in [0.05, 0.1) is 5.92 Å². The minimum atomic E-state index is -0.351. The maximum absolute atomic E-state index is 12.1. The van der Waals surface area contributed by atoms with Gasteiger partial charge in [-0.05, 0) is 49.1 Å². The summed E-state index contributed by atoms with van der Waals surface area (Å²) >= 11 is 0. The summed E-state index contributed by atoms with van der Waals surface area (Å²) in [5, 5.41) is 0.932. The van der Waals surface area contributed by atoms with E-state index in [0.29, 0.717) is 18.5 Å². The monoisotopic (exact) mass is 362 g/mol. The van der Waals surface area contributed by atoms with Gasteiger partial charge in [-0.3, -0.25) is 4.79 Å². The van der Waals surface area contributed by atoms with Crippen LogP contribution in [0.2, 0.25) is 0 Å². The molecule has 138 valence electrons. The van der Waals surface area contributed by atoms with Gasteiger partial charge in [-0.15, -0.1) is 0 Å². The minimum absolute atomic E-state index is 0.116. The van der Waals surface area contributed by atoms with Crippen LogP contribution >= 0.6 is 0 Å². The molecule has 1 aromatic heterocycles. The lowest BCUT2D eigenvalue weighted by Gasteiger charge is -2.40. The van der Waals surface area contributed by atoms with Crippen LogP contribution < -0.4 is 16.3 Å². The quantitative estimate of drug-likeness (QED) is 0.724. The van der Waals surface area contributed by atoms with Crippen LogP contribution in [0.15, 0.2) is 57.7 Å². The third-order valence-corrected chi connectivity index (χ3v) is 5.40. The van der Waals surface area contributed by atoms with E-state index in [2.05, 4.69) is 11.8 Å². The molecule has 4 rings (SSSR count). The number of fused-ring (bicyclic) bond motifs is 2. The zero-order valence-electron chi connectivity index (χ0n) is 15.4. The number of hydrogen-bond donors (Lipinski definition) is 1. The van der Waals surface area contributed by atoms with Gasteiger partial charge in [0.2, 0.25) is 5.91 Å². The van der Waals surface area contributed by atoms with Gasteiger partial charge in [0.15, 0.2) is 0 Å². The van der Waals surface area contributed by atoms with Gasteiger partial charge in [0.25, 0.3) is 0 Å². The summed E-state index contributed by atoms with van der Waals surface area (Å²) in [6, 6.07) is 15.4. The summed E-state index contributed by atoms with van der Waals surface area (Å²) in [4.78, 5) is 26.2. The minimum Gasteiger partial charge on any atom is -0.423 e. The predicted octanol–water partition coefficient (Wildman–Crippen LogP) is 3.47. The van der Waals surface area contributed by atoms with Gasteiger partial charge >= 0.3 is 5.63 Å². The van der Waals surface area contributed by atoms with Crippen molar-refractivity contribution in [1.29, 1.82) is 0 Å². The number of primary amides is 1. The molecule has 0 fully saturated rings. The first kappa shape index (κ1) is 17.3. The first-order chi connectivity index (χ1) is 12.9. The number of carbonyl (C=O) groups is 1. The number of nitrogens with zero attached hydrogens (tertiary/aromatic N) is 1. The molecule has 27 heavy (non-hydrogen) atoms. The zero-order valence-corrected chi connectivity index (χ0v) is 15.4. The number of hydrogen-bond acceptors (Lipinski definition) is 4. The highest BCUT2D eigenvalue weighted by Gasteiger charge is 2.33. The lowest BCUT2D eigenvalue weighted by atomic mass is 9.85. The van der Waals surface area contributed by atoms with Crippen LogP contribution in [0.5, 0.6) is 0 Å². The molecule has 0 unspecified atom stereocenters. The molecule has 0 saturated carbocycles. The SMILES string of the molecule is Cc1ccc2c(CN3c4ccccc4[C@@H](C(N)=O)C[C@@H]3C)cc(=O)oc2c1. The maximum atomic E-state index is 12.1. The number of nitrogens with two attached hydrogens (primary N) is 1.